The molecule has 0 aliphatic carbocycles. The van der Waals surface area contributed by atoms with Crippen molar-refractivity contribution < 1.29 is 13.2 Å². The van der Waals surface area contributed by atoms with E-state index in [2.05, 4.69) is 0 Å². The number of hydrogen-bond acceptors (Lipinski definition) is 0. The van der Waals surface area contributed by atoms with Crippen molar-refractivity contribution in [3.63, 3.8) is 0 Å². The van der Waals surface area contributed by atoms with Crippen LogP contribution >= 0.6 is 22.6 Å². The standard InChI is InChI=1S/C3H2F3I/c4-3(5,6)1-2-7/h1-2H/b2-1+. The summed E-state index contributed by atoms with van der Waals surface area (Å²) in [5, 5.41) is 0. The molecule has 0 aliphatic heterocycles. The van der Waals surface area contributed by atoms with Crippen LogP contribution in [0.4, 0.5) is 13.2 Å². The number of alkyl halides is 3. The first-order chi connectivity index (χ1) is 3.06. The van der Waals surface area contributed by atoms with E-state index in [1.54, 1.807) is 0 Å². The zero-order valence-corrected chi connectivity index (χ0v) is 5.32. The van der Waals surface area contributed by atoms with E-state index in [1.165, 1.54) is 22.6 Å². The molecule has 0 aliphatic rings. The quantitative estimate of drug-likeness (QED) is 0.552. The minimum Gasteiger partial charge on any atom is -0.167 e. The molecule has 0 unspecified atom stereocenters. The Hall–Kier alpha value is 0.260. The molecule has 0 heterocycles. The Labute approximate surface area is 52.5 Å². The van der Waals surface area contributed by atoms with Gasteiger partial charge in [0, 0.05) is 6.08 Å². The fourth-order valence-electron chi connectivity index (χ4n) is 0.0714. The molecule has 7 heavy (non-hydrogen) atoms. The molecule has 0 saturated heterocycles. The van der Waals surface area contributed by atoms with Crippen LogP contribution in [-0.4, -0.2) is 6.18 Å². The molecule has 42 valence electrons. The summed E-state index contributed by atoms with van der Waals surface area (Å²) in [5.41, 5.74) is 0. The molecule has 0 nitrogen and oxygen atoms in total. The smallest absolute Gasteiger partial charge is 0.167 e. The van der Waals surface area contributed by atoms with Crippen LogP contribution in [0, 0.1) is 0 Å². The lowest BCUT2D eigenvalue weighted by Gasteiger charge is -1.92. The Morgan fingerprint density at radius 2 is 1.71 bits per heavy atom. The lowest BCUT2D eigenvalue weighted by atomic mass is 10.6. The Balaban J connectivity index is 3.56. The van der Waals surface area contributed by atoms with E-state index >= 15 is 0 Å². The van der Waals surface area contributed by atoms with Gasteiger partial charge in [-0.2, -0.15) is 13.2 Å². The molecule has 0 spiro atoms. The predicted octanol–water partition coefficient (Wildman–Crippen LogP) is 2.50. The number of allylic oxidation sites excluding steroid dienone is 1. The fraction of sp³-hybridized carbons (Fsp3) is 0.333. The second kappa shape index (κ2) is 2.54. The van der Waals surface area contributed by atoms with E-state index in [0.717, 1.165) is 4.08 Å². The second-order valence-electron chi connectivity index (χ2n) is 0.834. The van der Waals surface area contributed by atoms with E-state index in [-0.39, 0.29) is 6.08 Å². The van der Waals surface area contributed by atoms with E-state index in [0.29, 0.717) is 0 Å². The van der Waals surface area contributed by atoms with Crippen molar-refractivity contribution in [1.82, 2.24) is 0 Å². The summed E-state index contributed by atoms with van der Waals surface area (Å²) in [4.78, 5) is 0. The molecule has 4 heteroatoms. The molecule has 0 aromatic heterocycles. The highest BCUT2D eigenvalue weighted by molar-refractivity contribution is 14.1. The third-order valence-electron chi connectivity index (χ3n) is 0.252. The van der Waals surface area contributed by atoms with Crippen LogP contribution in [0.2, 0.25) is 0 Å². The van der Waals surface area contributed by atoms with Gasteiger partial charge in [-0.15, -0.1) is 0 Å². The van der Waals surface area contributed by atoms with Gasteiger partial charge in [0.15, 0.2) is 0 Å². The zero-order chi connectivity index (χ0) is 5.91. The van der Waals surface area contributed by atoms with Gasteiger partial charge < -0.3 is 0 Å². The highest BCUT2D eigenvalue weighted by Crippen LogP contribution is 2.16. The largest absolute Gasteiger partial charge is 0.410 e. The second-order valence-corrected chi connectivity index (χ2v) is 1.55. The van der Waals surface area contributed by atoms with Crippen molar-refractivity contribution in [3.05, 3.63) is 10.2 Å². The van der Waals surface area contributed by atoms with E-state index in [9.17, 15) is 13.2 Å². The monoisotopic (exact) mass is 222 g/mol. The molecule has 0 N–H and O–H groups in total. The van der Waals surface area contributed by atoms with Crippen molar-refractivity contribution in [2.45, 2.75) is 6.18 Å². The van der Waals surface area contributed by atoms with Crippen molar-refractivity contribution in [3.8, 4) is 0 Å². The Morgan fingerprint density at radius 1 is 1.29 bits per heavy atom. The van der Waals surface area contributed by atoms with Crippen molar-refractivity contribution in [2.75, 3.05) is 0 Å². The maximum Gasteiger partial charge on any atom is 0.410 e. The summed E-state index contributed by atoms with van der Waals surface area (Å²) in [6, 6.07) is 0. The third-order valence-corrected chi connectivity index (χ3v) is 0.612. The summed E-state index contributed by atoms with van der Waals surface area (Å²) in [7, 11) is 0. The first kappa shape index (κ1) is 7.26. The van der Waals surface area contributed by atoms with Gasteiger partial charge in [0.05, 0.1) is 0 Å². The molecular weight excluding hydrogens is 220 g/mol. The summed E-state index contributed by atoms with van der Waals surface area (Å²) in [5.74, 6) is 0. The summed E-state index contributed by atoms with van der Waals surface area (Å²) in [6.45, 7) is 0. The predicted molar refractivity (Wildman–Crippen MR) is 29.2 cm³/mol. The highest BCUT2D eigenvalue weighted by Gasteiger charge is 2.21. The maximum atomic E-state index is 11.0. The first-order valence-corrected chi connectivity index (χ1v) is 2.65. The average molecular weight is 222 g/mol. The summed E-state index contributed by atoms with van der Waals surface area (Å²) < 4.78 is 33.8. The molecule has 0 aromatic carbocycles. The Kier molecular flexibility index (Phi) is 2.63. The van der Waals surface area contributed by atoms with Crippen molar-refractivity contribution in [1.29, 1.82) is 0 Å². The molecule has 0 fully saturated rings. The van der Waals surface area contributed by atoms with Crippen LogP contribution in [-0.2, 0) is 0 Å². The normalized spacial score (nSPS) is 13.1. The van der Waals surface area contributed by atoms with E-state index in [1.807, 2.05) is 0 Å². The molecule has 0 aromatic rings. The third kappa shape index (κ3) is 6.26. The highest BCUT2D eigenvalue weighted by atomic mass is 127. The van der Waals surface area contributed by atoms with Gasteiger partial charge in [0.25, 0.3) is 0 Å². The Morgan fingerprint density at radius 3 is 1.71 bits per heavy atom. The first-order valence-electron chi connectivity index (χ1n) is 1.41. The van der Waals surface area contributed by atoms with Crippen molar-refractivity contribution >= 4 is 22.6 Å². The van der Waals surface area contributed by atoms with E-state index < -0.39 is 6.18 Å². The average Bonchev–Trinajstić information content (AvgIpc) is 1.30. The Bertz CT molecular complexity index is 72.7. The van der Waals surface area contributed by atoms with Crippen LogP contribution in [0.1, 0.15) is 0 Å². The zero-order valence-electron chi connectivity index (χ0n) is 3.17. The number of hydrogen-bond donors (Lipinski definition) is 0. The van der Waals surface area contributed by atoms with Gasteiger partial charge in [-0.1, -0.05) is 22.6 Å². The number of halogens is 4. The molecule has 0 bridgehead atoms. The van der Waals surface area contributed by atoms with Crippen LogP contribution in [0.25, 0.3) is 0 Å². The molecule has 0 atom stereocenters. The van der Waals surface area contributed by atoms with Crippen LogP contribution < -0.4 is 0 Å². The van der Waals surface area contributed by atoms with Gasteiger partial charge >= 0.3 is 6.18 Å². The van der Waals surface area contributed by atoms with Crippen LogP contribution in [0.3, 0.4) is 0 Å². The minimum atomic E-state index is -4.14. The van der Waals surface area contributed by atoms with Crippen LogP contribution in [0.5, 0.6) is 0 Å². The van der Waals surface area contributed by atoms with Gasteiger partial charge in [-0.05, 0) is 4.08 Å². The fourth-order valence-corrected chi connectivity index (χ4v) is 0.479. The molecular formula is C3H2F3I. The van der Waals surface area contributed by atoms with Crippen molar-refractivity contribution in [2.24, 2.45) is 0 Å². The SMILES string of the molecule is FC(F)(F)/C=C/I. The molecule has 0 saturated carbocycles. The summed E-state index contributed by atoms with van der Waals surface area (Å²) in [6.07, 6.45) is -3.96. The van der Waals surface area contributed by atoms with Crippen LogP contribution in [0.15, 0.2) is 10.2 Å². The lowest BCUT2D eigenvalue weighted by Crippen LogP contribution is -1.99. The molecule has 0 radical (unpaired) electrons. The molecule has 0 amide bonds. The van der Waals surface area contributed by atoms with Gasteiger partial charge in [0.2, 0.25) is 0 Å². The molecule has 0 rings (SSSR count). The topological polar surface area (TPSA) is 0 Å². The van der Waals surface area contributed by atoms with Gasteiger partial charge in [-0.25, -0.2) is 0 Å². The summed E-state index contributed by atoms with van der Waals surface area (Å²) >= 11 is 1.51. The maximum absolute atomic E-state index is 11.0. The number of rotatable bonds is 0. The van der Waals surface area contributed by atoms with Gasteiger partial charge in [0.1, 0.15) is 0 Å². The van der Waals surface area contributed by atoms with Gasteiger partial charge in [-0.3, -0.25) is 0 Å². The lowest BCUT2D eigenvalue weighted by molar-refractivity contribution is -0.0795. The van der Waals surface area contributed by atoms with E-state index in [4.69, 9.17) is 0 Å². The minimum absolute atomic E-state index is 0.174.